The van der Waals surface area contributed by atoms with Crippen LogP contribution in [0.1, 0.15) is 57.6 Å². The van der Waals surface area contributed by atoms with Gasteiger partial charge in [-0.3, -0.25) is 9.59 Å². The van der Waals surface area contributed by atoms with E-state index < -0.39 is 24.0 Å². The number of carboxylic acids is 1. The number of carbonyl (C=O) groups is 3. The number of benzene rings is 2. The molecule has 0 saturated heterocycles. The Bertz CT molecular complexity index is 1000. The number of carbonyl (C=O) groups excluding carboxylic acids is 2. The van der Waals surface area contributed by atoms with Gasteiger partial charge in [-0.15, -0.1) is 0 Å². The first-order valence-electron chi connectivity index (χ1n) is 12.3. The number of hydrogen-bond acceptors (Lipinski definition) is 4. The largest absolute Gasteiger partial charge is 0.481 e. The molecule has 2 amide bonds. The van der Waals surface area contributed by atoms with Gasteiger partial charge in [0, 0.05) is 18.5 Å². The summed E-state index contributed by atoms with van der Waals surface area (Å²) >= 11 is 0. The Labute approximate surface area is 207 Å². The summed E-state index contributed by atoms with van der Waals surface area (Å²) in [7, 11) is 0. The van der Waals surface area contributed by atoms with Crippen LogP contribution in [-0.2, 0) is 14.3 Å². The predicted molar refractivity (Wildman–Crippen MR) is 135 cm³/mol. The topological polar surface area (TPSA) is 105 Å². The van der Waals surface area contributed by atoms with Gasteiger partial charge in [-0.1, -0.05) is 76.2 Å². The van der Waals surface area contributed by atoms with Crippen LogP contribution in [0.5, 0.6) is 0 Å². The number of hydrogen-bond donors (Lipinski definition) is 3. The van der Waals surface area contributed by atoms with Crippen molar-refractivity contribution in [1.29, 1.82) is 0 Å². The molecular weight excluding hydrogens is 444 g/mol. The van der Waals surface area contributed by atoms with Gasteiger partial charge in [-0.05, 0) is 40.5 Å². The fourth-order valence-electron chi connectivity index (χ4n) is 4.65. The summed E-state index contributed by atoms with van der Waals surface area (Å²) in [6, 6.07) is 15.8. The molecule has 2 unspecified atom stereocenters. The third kappa shape index (κ3) is 6.84. The molecule has 188 valence electrons. The molecule has 0 aromatic heterocycles. The lowest BCUT2D eigenvalue weighted by Gasteiger charge is -2.25. The molecule has 0 bridgehead atoms. The summed E-state index contributed by atoms with van der Waals surface area (Å²) in [5.74, 6) is -1.52. The van der Waals surface area contributed by atoms with Crippen molar-refractivity contribution in [1.82, 2.24) is 10.6 Å². The number of amides is 2. The first-order valence-corrected chi connectivity index (χ1v) is 12.3. The van der Waals surface area contributed by atoms with Crippen LogP contribution < -0.4 is 10.6 Å². The van der Waals surface area contributed by atoms with E-state index in [9.17, 15) is 14.4 Å². The molecule has 0 radical (unpaired) electrons. The average Bonchev–Trinajstić information content (AvgIpc) is 3.13. The number of aliphatic carboxylic acids is 1. The molecule has 0 aliphatic heterocycles. The fraction of sp³-hybridized carbons (Fsp3) is 0.464. The highest BCUT2D eigenvalue weighted by Gasteiger charge is 2.30. The minimum Gasteiger partial charge on any atom is -0.481 e. The van der Waals surface area contributed by atoms with Crippen LogP contribution in [0.4, 0.5) is 4.79 Å². The second-order valence-corrected chi connectivity index (χ2v) is 9.99. The molecule has 1 aliphatic rings. The Morgan fingerprint density at radius 3 is 2.03 bits per heavy atom. The number of nitrogens with one attached hydrogen (secondary N) is 2. The number of alkyl carbamates (subject to hydrolysis) is 1. The van der Waals surface area contributed by atoms with Gasteiger partial charge in [0.2, 0.25) is 5.91 Å². The lowest BCUT2D eigenvalue weighted by atomic mass is 9.94. The van der Waals surface area contributed by atoms with E-state index in [4.69, 9.17) is 9.84 Å². The minimum absolute atomic E-state index is 0.0233. The lowest BCUT2D eigenvalue weighted by Crippen LogP contribution is -2.46. The highest BCUT2D eigenvalue weighted by atomic mass is 16.5. The number of ether oxygens (including phenoxy) is 1. The normalized spacial score (nSPS) is 14.2. The molecule has 2 aromatic rings. The van der Waals surface area contributed by atoms with Crippen molar-refractivity contribution in [3.05, 3.63) is 59.7 Å². The van der Waals surface area contributed by atoms with Gasteiger partial charge >= 0.3 is 12.1 Å². The quantitative estimate of drug-likeness (QED) is 0.428. The molecule has 3 rings (SSSR count). The van der Waals surface area contributed by atoms with Crippen LogP contribution in [0.3, 0.4) is 0 Å². The van der Waals surface area contributed by atoms with Crippen LogP contribution in [-0.4, -0.2) is 42.3 Å². The monoisotopic (exact) mass is 480 g/mol. The first kappa shape index (κ1) is 26.3. The fourth-order valence-corrected chi connectivity index (χ4v) is 4.65. The van der Waals surface area contributed by atoms with Crippen LogP contribution >= 0.6 is 0 Å². The Morgan fingerprint density at radius 2 is 1.51 bits per heavy atom. The zero-order valence-electron chi connectivity index (χ0n) is 20.9. The minimum atomic E-state index is -0.957. The van der Waals surface area contributed by atoms with E-state index in [0.29, 0.717) is 6.42 Å². The third-order valence-electron chi connectivity index (χ3n) is 6.49. The highest BCUT2D eigenvalue weighted by Crippen LogP contribution is 2.44. The molecule has 0 fully saturated rings. The zero-order valence-corrected chi connectivity index (χ0v) is 20.9. The van der Waals surface area contributed by atoms with Crippen molar-refractivity contribution in [2.45, 2.75) is 52.5 Å². The molecule has 35 heavy (non-hydrogen) atoms. The van der Waals surface area contributed by atoms with E-state index in [1.54, 1.807) is 0 Å². The van der Waals surface area contributed by atoms with E-state index in [2.05, 4.69) is 34.9 Å². The van der Waals surface area contributed by atoms with E-state index in [-0.39, 0.29) is 43.2 Å². The smallest absolute Gasteiger partial charge is 0.407 e. The van der Waals surface area contributed by atoms with Crippen molar-refractivity contribution in [3.8, 4) is 11.1 Å². The molecular formula is C28H36N2O5. The van der Waals surface area contributed by atoms with Crippen molar-refractivity contribution in [3.63, 3.8) is 0 Å². The maximum Gasteiger partial charge on any atom is 0.407 e. The molecule has 7 nitrogen and oxygen atoms in total. The van der Waals surface area contributed by atoms with Gasteiger partial charge in [0.15, 0.2) is 0 Å². The summed E-state index contributed by atoms with van der Waals surface area (Å²) in [5.41, 5.74) is 4.59. The Morgan fingerprint density at radius 1 is 0.943 bits per heavy atom. The number of rotatable bonds is 11. The highest BCUT2D eigenvalue weighted by molar-refractivity contribution is 5.81. The van der Waals surface area contributed by atoms with E-state index in [0.717, 1.165) is 22.3 Å². The van der Waals surface area contributed by atoms with Gasteiger partial charge in [-0.2, -0.15) is 0 Å². The maximum atomic E-state index is 12.9. The van der Waals surface area contributed by atoms with Crippen molar-refractivity contribution in [2.24, 2.45) is 17.8 Å². The van der Waals surface area contributed by atoms with Crippen LogP contribution in [0.25, 0.3) is 11.1 Å². The molecule has 1 aliphatic carbocycles. The molecule has 2 aromatic carbocycles. The second-order valence-electron chi connectivity index (χ2n) is 9.99. The third-order valence-corrected chi connectivity index (χ3v) is 6.49. The average molecular weight is 481 g/mol. The molecule has 2 atom stereocenters. The molecule has 3 N–H and O–H groups in total. The molecule has 0 heterocycles. The predicted octanol–water partition coefficient (Wildman–Crippen LogP) is 4.80. The van der Waals surface area contributed by atoms with E-state index in [1.807, 2.05) is 52.0 Å². The van der Waals surface area contributed by atoms with Crippen LogP contribution in [0.2, 0.25) is 0 Å². The van der Waals surface area contributed by atoms with E-state index in [1.165, 1.54) is 0 Å². The van der Waals surface area contributed by atoms with Gasteiger partial charge in [0.05, 0.1) is 12.3 Å². The summed E-state index contributed by atoms with van der Waals surface area (Å²) < 4.78 is 5.59. The van der Waals surface area contributed by atoms with Crippen LogP contribution in [0, 0.1) is 17.8 Å². The number of carboxylic acid groups (broad SMARTS) is 1. The molecule has 7 heteroatoms. The Kier molecular flexibility index (Phi) is 8.90. The summed E-state index contributed by atoms with van der Waals surface area (Å²) in [5, 5.41) is 14.8. The summed E-state index contributed by atoms with van der Waals surface area (Å²) in [4.78, 5) is 36.7. The Balaban J connectivity index is 1.59. The Hall–Kier alpha value is -3.35. The SMILES string of the molecule is CC(C)CC(CNC(=O)OCC1c2ccccc2-c2ccccc21)C(=O)NC(CC(=O)O)C(C)C. The maximum absolute atomic E-state index is 12.9. The zero-order chi connectivity index (χ0) is 25.5. The first-order chi connectivity index (χ1) is 16.7. The lowest BCUT2D eigenvalue weighted by molar-refractivity contribution is -0.138. The van der Waals surface area contributed by atoms with Crippen molar-refractivity contribution >= 4 is 18.0 Å². The van der Waals surface area contributed by atoms with Crippen LogP contribution in [0.15, 0.2) is 48.5 Å². The van der Waals surface area contributed by atoms with Gasteiger partial charge in [-0.25, -0.2) is 4.79 Å². The van der Waals surface area contributed by atoms with E-state index >= 15 is 0 Å². The second kappa shape index (κ2) is 11.9. The van der Waals surface area contributed by atoms with Gasteiger partial charge < -0.3 is 20.5 Å². The summed E-state index contributed by atoms with van der Waals surface area (Å²) in [6.45, 7) is 8.09. The van der Waals surface area contributed by atoms with Gasteiger partial charge in [0.1, 0.15) is 6.61 Å². The van der Waals surface area contributed by atoms with Crippen molar-refractivity contribution < 1.29 is 24.2 Å². The van der Waals surface area contributed by atoms with Crippen molar-refractivity contribution in [2.75, 3.05) is 13.2 Å². The molecule has 0 spiro atoms. The number of fused-ring (bicyclic) bond motifs is 3. The molecule has 0 saturated carbocycles. The summed E-state index contributed by atoms with van der Waals surface area (Å²) in [6.07, 6.45) is -0.148. The standard InChI is InChI=1S/C28H36N2O5/c1-17(2)13-19(27(33)30-25(18(3)4)14-26(31)32)15-29-28(34)35-16-24-22-11-7-5-9-20(22)21-10-6-8-12-23(21)24/h5-12,17-19,24-25H,13-16H2,1-4H3,(H,29,34)(H,30,33)(H,31,32). The van der Waals surface area contributed by atoms with Gasteiger partial charge in [0.25, 0.3) is 0 Å².